The Kier molecular flexibility index (Phi) is 3.94. The first-order valence-corrected chi connectivity index (χ1v) is 9.03. The van der Waals surface area contributed by atoms with Crippen LogP contribution in [-0.4, -0.2) is 34.9 Å². The van der Waals surface area contributed by atoms with Gasteiger partial charge in [0.1, 0.15) is 5.75 Å². The van der Waals surface area contributed by atoms with E-state index in [1.807, 2.05) is 17.0 Å². The lowest BCUT2D eigenvalue weighted by Crippen LogP contribution is -2.46. The van der Waals surface area contributed by atoms with E-state index in [4.69, 9.17) is 0 Å². The number of nitrogens with one attached hydrogen (secondary N) is 1. The van der Waals surface area contributed by atoms with Gasteiger partial charge in [0, 0.05) is 19.0 Å². The number of piperidine rings is 1. The molecule has 0 bridgehead atoms. The zero-order valence-corrected chi connectivity index (χ0v) is 13.8. The lowest BCUT2D eigenvalue weighted by Gasteiger charge is -2.33. The third-order valence-corrected chi connectivity index (χ3v) is 5.59. The molecule has 2 N–H and O–H groups in total. The van der Waals surface area contributed by atoms with Crippen molar-refractivity contribution in [3.8, 4) is 5.75 Å². The summed E-state index contributed by atoms with van der Waals surface area (Å²) in [6, 6.07) is 5.49. The Morgan fingerprint density at radius 1 is 1.12 bits per heavy atom. The Morgan fingerprint density at radius 2 is 1.96 bits per heavy atom. The molecule has 5 nitrogen and oxygen atoms in total. The van der Waals surface area contributed by atoms with Crippen LogP contribution < -0.4 is 5.32 Å². The highest BCUT2D eigenvalue weighted by molar-refractivity contribution is 5.83. The summed E-state index contributed by atoms with van der Waals surface area (Å²) < 4.78 is 0. The van der Waals surface area contributed by atoms with Crippen LogP contribution in [0.4, 0.5) is 0 Å². The largest absolute Gasteiger partial charge is 0.508 e. The summed E-state index contributed by atoms with van der Waals surface area (Å²) >= 11 is 0. The zero-order valence-electron chi connectivity index (χ0n) is 13.8. The van der Waals surface area contributed by atoms with Gasteiger partial charge in [-0.15, -0.1) is 0 Å². The van der Waals surface area contributed by atoms with E-state index in [0.29, 0.717) is 12.3 Å². The van der Waals surface area contributed by atoms with Gasteiger partial charge in [0.2, 0.25) is 11.8 Å². The van der Waals surface area contributed by atoms with Gasteiger partial charge >= 0.3 is 0 Å². The maximum atomic E-state index is 12.7. The number of likely N-dealkylation sites (tertiary alicyclic amines) is 1. The highest BCUT2D eigenvalue weighted by atomic mass is 16.3. The molecule has 0 aromatic heterocycles. The number of aromatic hydroxyl groups is 1. The van der Waals surface area contributed by atoms with Gasteiger partial charge in [-0.2, -0.15) is 0 Å². The number of hydrogen-bond acceptors (Lipinski definition) is 3. The van der Waals surface area contributed by atoms with Gasteiger partial charge in [0.15, 0.2) is 0 Å². The maximum absolute atomic E-state index is 12.7. The second-order valence-corrected chi connectivity index (χ2v) is 7.34. The Bertz CT molecular complexity index is 669. The van der Waals surface area contributed by atoms with Crippen molar-refractivity contribution in [3.63, 3.8) is 0 Å². The Balaban J connectivity index is 1.40. The molecular weight excluding hydrogens is 304 g/mol. The molecule has 1 aromatic rings. The van der Waals surface area contributed by atoms with Crippen LogP contribution in [0.25, 0.3) is 0 Å². The first-order chi connectivity index (χ1) is 11.6. The molecule has 1 saturated heterocycles. The highest BCUT2D eigenvalue weighted by Gasteiger charge is 2.37. The molecule has 2 atom stereocenters. The van der Waals surface area contributed by atoms with Crippen molar-refractivity contribution in [1.29, 1.82) is 0 Å². The van der Waals surface area contributed by atoms with Gasteiger partial charge in [-0.05, 0) is 55.7 Å². The van der Waals surface area contributed by atoms with E-state index in [1.165, 1.54) is 0 Å². The van der Waals surface area contributed by atoms with Gasteiger partial charge < -0.3 is 15.3 Å². The van der Waals surface area contributed by atoms with E-state index in [0.717, 1.165) is 56.2 Å². The lowest BCUT2D eigenvalue weighted by molar-refractivity contribution is -0.137. The summed E-state index contributed by atoms with van der Waals surface area (Å²) in [5, 5.41) is 13.1. The number of amides is 2. The van der Waals surface area contributed by atoms with Crippen molar-refractivity contribution in [2.24, 2.45) is 11.8 Å². The fraction of sp³-hybridized carbons (Fsp3) is 0.579. The number of carbonyl (C=O) groups is 2. The van der Waals surface area contributed by atoms with E-state index in [2.05, 4.69) is 5.32 Å². The molecule has 4 rings (SSSR count). The number of hydrogen-bond donors (Lipinski definition) is 2. The summed E-state index contributed by atoms with van der Waals surface area (Å²) in [5.74, 6) is 0.718. The summed E-state index contributed by atoms with van der Waals surface area (Å²) in [6.45, 7) is 1.35. The number of benzene rings is 1. The SMILES string of the molecule is O=C(N[C@H]1CCc2c(O)cccc21)[C@H]1CCCN(C(=O)C2CC2)C1. The number of carbonyl (C=O) groups excluding carboxylic acids is 2. The fourth-order valence-corrected chi connectivity index (χ4v) is 4.05. The molecule has 2 amide bonds. The lowest BCUT2D eigenvalue weighted by atomic mass is 9.96. The second-order valence-electron chi connectivity index (χ2n) is 7.34. The minimum atomic E-state index is -0.109. The predicted molar refractivity (Wildman–Crippen MR) is 89.3 cm³/mol. The number of phenols is 1. The quantitative estimate of drug-likeness (QED) is 0.893. The molecule has 1 saturated carbocycles. The van der Waals surface area contributed by atoms with Gasteiger partial charge in [0.05, 0.1) is 12.0 Å². The van der Waals surface area contributed by atoms with E-state index >= 15 is 0 Å². The van der Waals surface area contributed by atoms with Crippen molar-refractivity contribution >= 4 is 11.8 Å². The molecule has 0 unspecified atom stereocenters. The molecule has 1 heterocycles. The minimum absolute atomic E-state index is 0.0193. The molecule has 24 heavy (non-hydrogen) atoms. The van der Waals surface area contributed by atoms with E-state index in [-0.39, 0.29) is 29.7 Å². The molecule has 0 spiro atoms. The molecule has 1 aliphatic heterocycles. The zero-order chi connectivity index (χ0) is 16.7. The first-order valence-electron chi connectivity index (χ1n) is 9.03. The topological polar surface area (TPSA) is 69.6 Å². The maximum Gasteiger partial charge on any atom is 0.225 e. The van der Waals surface area contributed by atoms with E-state index in [1.54, 1.807) is 6.07 Å². The van der Waals surface area contributed by atoms with Gasteiger partial charge in [-0.1, -0.05) is 12.1 Å². The van der Waals surface area contributed by atoms with Crippen molar-refractivity contribution < 1.29 is 14.7 Å². The van der Waals surface area contributed by atoms with Crippen LogP contribution >= 0.6 is 0 Å². The summed E-state index contributed by atoms with van der Waals surface area (Å²) in [4.78, 5) is 26.8. The average Bonchev–Trinajstić information content (AvgIpc) is 3.37. The fourth-order valence-electron chi connectivity index (χ4n) is 4.05. The predicted octanol–water partition coefficient (Wildman–Crippen LogP) is 2.14. The van der Waals surface area contributed by atoms with Gasteiger partial charge in [0.25, 0.3) is 0 Å². The Morgan fingerprint density at radius 3 is 2.75 bits per heavy atom. The van der Waals surface area contributed by atoms with Crippen LogP contribution in [0.15, 0.2) is 18.2 Å². The number of fused-ring (bicyclic) bond motifs is 1. The van der Waals surface area contributed by atoms with Crippen LogP contribution in [-0.2, 0) is 16.0 Å². The van der Waals surface area contributed by atoms with Gasteiger partial charge in [-0.25, -0.2) is 0 Å². The van der Waals surface area contributed by atoms with Crippen molar-refractivity contribution in [2.45, 2.75) is 44.6 Å². The third-order valence-electron chi connectivity index (χ3n) is 5.59. The van der Waals surface area contributed by atoms with Crippen molar-refractivity contribution in [1.82, 2.24) is 10.2 Å². The summed E-state index contributed by atoms with van der Waals surface area (Å²) in [7, 11) is 0. The summed E-state index contributed by atoms with van der Waals surface area (Å²) in [6.07, 6.45) is 5.39. The molecule has 128 valence electrons. The Labute approximate surface area is 142 Å². The second kappa shape index (κ2) is 6.11. The molecule has 3 aliphatic rings. The number of rotatable bonds is 3. The van der Waals surface area contributed by atoms with Crippen molar-refractivity contribution in [2.75, 3.05) is 13.1 Å². The van der Waals surface area contributed by atoms with E-state index in [9.17, 15) is 14.7 Å². The van der Waals surface area contributed by atoms with Crippen LogP contribution in [0, 0.1) is 11.8 Å². The molecular formula is C19H24N2O3. The normalized spacial score (nSPS) is 26.1. The van der Waals surface area contributed by atoms with E-state index < -0.39 is 0 Å². The molecule has 0 radical (unpaired) electrons. The highest BCUT2D eigenvalue weighted by Crippen LogP contribution is 2.37. The third kappa shape index (κ3) is 2.87. The van der Waals surface area contributed by atoms with Crippen LogP contribution in [0.1, 0.15) is 49.3 Å². The monoisotopic (exact) mass is 328 g/mol. The average molecular weight is 328 g/mol. The summed E-state index contributed by atoms with van der Waals surface area (Å²) in [5.41, 5.74) is 1.99. The van der Waals surface area contributed by atoms with Crippen molar-refractivity contribution in [3.05, 3.63) is 29.3 Å². The molecule has 1 aromatic carbocycles. The number of nitrogens with zero attached hydrogens (tertiary/aromatic N) is 1. The van der Waals surface area contributed by atoms with Crippen LogP contribution in [0.3, 0.4) is 0 Å². The molecule has 2 aliphatic carbocycles. The standard InChI is InChI=1S/C19H24N2O3/c22-17-5-1-4-14-15(17)8-9-16(14)20-18(23)13-3-2-10-21(11-13)19(24)12-6-7-12/h1,4-5,12-13,16,22H,2-3,6-11H2,(H,20,23)/t13-,16-/m0/s1. The van der Waals surface area contributed by atoms with Gasteiger partial charge in [-0.3, -0.25) is 9.59 Å². The first kappa shape index (κ1) is 15.5. The number of phenolic OH excluding ortho intramolecular Hbond substituents is 1. The minimum Gasteiger partial charge on any atom is -0.508 e. The van der Waals surface area contributed by atoms with Crippen LogP contribution in [0.2, 0.25) is 0 Å². The Hall–Kier alpha value is -2.04. The molecule has 2 fully saturated rings. The van der Waals surface area contributed by atoms with Crippen LogP contribution in [0.5, 0.6) is 5.75 Å². The molecule has 5 heteroatoms. The smallest absolute Gasteiger partial charge is 0.225 e.